The van der Waals surface area contributed by atoms with Crippen molar-refractivity contribution >= 4 is 17.2 Å². The van der Waals surface area contributed by atoms with Crippen molar-refractivity contribution in [2.75, 3.05) is 11.6 Å². The zero-order chi connectivity index (χ0) is 14.8. The van der Waals surface area contributed by atoms with Crippen LogP contribution in [0.4, 0.5) is 10.1 Å². The Balaban J connectivity index is 1.96. The molecule has 3 nitrogen and oxygen atoms in total. The number of rotatable bonds is 3. The molecule has 106 valence electrons. The minimum Gasteiger partial charge on any atom is -0.293 e. The zero-order valence-electron chi connectivity index (χ0n) is 11.7. The van der Waals surface area contributed by atoms with Crippen molar-refractivity contribution < 1.29 is 9.18 Å². The molecule has 1 unspecified atom stereocenters. The van der Waals surface area contributed by atoms with Gasteiger partial charge >= 0.3 is 0 Å². The lowest BCUT2D eigenvalue weighted by Crippen LogP contribution is -2.20. The molecule has 21 heavy (non-hydrogen) atoms. The predicted molar refractivity (Wildman–Crippen MR) is 81.0 cm³/mol. The summed E-state index contributed by atoms with van der Waals surface area (Å²) in [4.78, 5) is 11.8. The molecule has 1 aliphatic rings. The van der Waals surface area contributed by atoms with Crippen molar-refractivity contribution in [3.8, 4) is 0 Å². The molecule has 1 heterocycles. The average molecular weight is 282 g/mol. The third-order valence-corrected chi connectivity index (χ3v) is 3.58. The number of hydrazone groups is 1. The highest BCUT2D eigenvalue weighted by molar-refractivity contribution is 6.41. The van der Waals surface area contributed by atoms with E-state index in [1.807, 2.05) is 30.3 Å². The number of ketones is 1. The molecular formula is C17H15FN2O. The van der Waals surface area contributed by atoms with Crippen LogP contribution in [-0.4, -0.2) is 18.0 Å². The van der Waals surface area contributed by atoms with E-state index in [1.54, 1.807) is 17.1 Å². The number of nitrogens with zero attached hydrogens (tertiary/aromatic N) is 2. The second kappa shape index (κ2) is 5.48. The van der Waals surface area contributed by atoms with Gasteiger partial charge in [0.15, 0.2) is 5.78 Å². The molecule has 0 amide bonds. The first kappa shape index (κ1) is 13.5. The molecule has 0 fully saturated rings. The van der Waals surface area contributed by atoms with E-state index >= 15 is 0 Å². The highest BCUT2D eigenvalue weighted by atomic mass is 19.1. The third kappa shape index (κ3) is 2.70. The summed E-state index contributed by atoms with van der Waals surface area (Å²) in [5.74, 6) is -0.440. The topological polar surface area (TPSA) is 32.7 Å². The summed E-state index contributed by atoms with van der Waals surface area (Å²) in [6, 6.07) is 16.0. The molecule has 0 aliphatic carbocycles. The van der Waals surface area contributed by atoms with Gasteiger partial charge in [-0.1, -0.05) is 36.4 Å². The number of anilines is 1. The van der Waals surface area contributed by atoms with Crippen molar-refractivity contribution in [2.24, 2.45) is 5.10 Å². The van der Waals surface area contributed by atoms with Gasteiger partial charge < -0.3 is 0 Å². The number of hydrogen-bond acceptors (Lipinski definition) is 3. The van der Waals surface area contributed by atoms with Crippen LogP contribution in [0.3, 0.4) is 0 Å². The molecule has 2 aromatic carbocycles. The van der Waals surface area contributed by atoms with E-state index < -0.39 is 0 Å². The van der Waals surface area contributed by atoms with Crippen molar-refractivity contribution in [2.45, 2.75) is 12.8 Å². The van der Waals surface area contributed by atoms with Gasteiger partial charge in [-0.2, -0.15) is 5.10 Å². The van der Waals surface area contributed by atoms with Gasteiger partial charge in [0.2, 0.25) is 0 Å². The monoisotopic (exact) mass is 282 g/mol. The predicted octanol–water partition coefficient (Wildman–Crippen LogP) is 3.37. The van der Waals surface area contributed by atoms with Crippen LogP contribution in [0.5, 0.6) is 0 Å². The van der Waals surface area contributed by atoms with Gasteiger partial charge in [0.25, 0.3) is 0 Å². The molecule has 0 radical (unpaired) electrons. The minimum absolute atomic E-state index is 0.0530. The number of hydrogen-bond donors (Lipinski definition) is 0. The number of carbonyl (C=O) groups excluding carboxylic acids is 1. The molecule has 0 aromatic heterocycles. The second-order valence-electron chi connectivity index (χ2n) is 5.07. The minimum atomic E-state index is -0.310. The Morgan fingerprint density at radius 1 is 1.19 bits per heavy atom. The lowest BCUT2D eigenvalue weighted by atomic mass is 9.93. The van der Waals surface area contributed by atoms with Gasteiger partial charge in [-0.05, 0) is 23.8 Å². The smallest absolute Gasteiger partial charge is 0.176 e. The number of carbonyl (C=O) groups is 1. The molecule has 0 saturated heterocycles. The van der Waals surface area contributed by atoms with E-state index in [9.17, 15) is 9.18 Å². The van der Waals surface area contributed by atoms with Gasteiger partial charge in [-0.25, -0.2) is 4.39 Å². The fraction of sp³-hybridized carbons (Fsp3) is 0.176. The molecule has 3 rings (SSSR count). The Hall–Kier alpha value is -2.49. The highest BCUT2D eigenvalue weighted by Crippen LogP contribution is 2.29. The van der Waals surface area contributed by atoms with Crippen LogP contribution in [0.2, 0.25) is 0 Å². The van der Waals surface area contributed by atoms with Gasteiger partial charge in [-0.3, -0.25) is 9.80 Å². The summed E-state index contributed by atoms with van der Waals surface area (Å²) in [5.41, 5.74) is 2.22. The molecule has 2 aromatic rings. The van der Waals surface area contributed by atoms with Crippen LogP contribution < -0.4 is 5.01 Å². The molecular weight excluding hydrogens is 267 g/mol. The summed E-state index contributed by atoms with van der Waals surface area (Å²) in [6.07, 6.45) is 0. The maximum absolute atomic E-state index is 13.4. The summed E-state index contributed by atoms with van der Waals surface area (Å²) in [5, 5.41) is 6.08. The third-order valence-electron chi connectivity index (χ3n) is 3.58. The van der Waals surface area contributed by atoms with Crippen molar-refractivity contribution in [1.29, 1.82) is 0 Å². The van der Waals surface area contributed by atoms with Gasteiger partial charge in [0.05, 0.1) is 18.2 Å². The van der Waals surface area contributed by atoms with Crippen LogP contribution in [0.15, 0.2) is 59.7 Å². The van der Waals surface area contributed by atoms with Gasteiger partial charge in [0.1, 0.15) is 11.5 Å². The second-order valence-corrected chi connectivity index (χ2v) is 5.07. The van der Waals surface area contributed by atoms with E-state index in [1.165, 1.54) is 19.1 Å². The van der Waals surface area contributed by atoms with Crippen LogP contribution in [0.1, 0.15) is 18.4 Å². The average Bonchev–Trinajstić information content (AvgIpc) is 2.93. The number of Topliss-reactive ketones (excluding diaryl/α,β-unsaturated/α-hetero) is 1. The first-order valence-electron chi connectivity index (χ1n) is 6.82. The van der Waals surface area contributed by atoms with E-state index in [0.29, 0.717) is 17.9 Å². The van der Waals surface area contributed by atoms with E-state index in [2.05, 4.69) is 5.10 Å². The summed E-state index contributed by atoms with van der Waals surface area (Å²) >= 11 is 0. The summed E-state index contributed by atoms with van der Waals surface area (Å²) in [6.45, 7) is 2.06. The standard InChI is InChI=1S/C17H15FN2O/c1-12(21)17-16(13-6-3-2-4-7-13)11-20(19-17)15-9-5-8-14(18)10-15/h2-10,16H,11H2,1H3. The SMILES string of the molecule is CC(=O)C1=NN(c2cccc(F)c2)CC1c1ccccc1. The molecule has 1 aliphatic heterocycles. The molecule has 0 bridgehead atoms. The lowest BCUT2D eigenvalue weighted by Gasteiger charge is -2.16. The number of benzene rings is 2. The van der Waals surface area contributed by atoms with Crippen LogP contribution in [0.25, 0.3) is 0 Å². The fourth-order valence-electron chi connectivity index (χ4n) is 2.56. The fourth-order valence-corrected chi connectivity index (χ4v) is 2.56. The van der Waals surface area contributed by atoms with E-state index in [4.69, 9.17) is 0 Å². The van der Waals surface area contributed by atoms with Crippen molar-refractivity contribution in [1.82, 2.24) is 0 Å². The molecule has 0 spiro atoms. The molecule has 4 heteroatoms. The Labute approximate surface area is 122 Å². The molecule has 0 N–H and O–H groups in total. The van der Waals surface area contributed by atoms with Crippen LogP contribution >= 0.6 is 0 Å². The normalized spacial score (nSPS) is 17.7. The maximum Gasteiger partial charge on any atom is 0.176 e. The van der Waals surface area contributed by atoms with Crippen LogP contribution in [-0.2, 0) is 4.79 Å². The molecule has 1 atom stereocenters. The lowest BCUT2D eigenvalue weighted by molar-refractivity contribution is -0.111. The maximum atomic E-state index is 13.4. The van der Waals surface area contributed by atoms with Gasteiger partial charge in [-0.15, -0.1) is 0 Å². The largest absolute Gasteiger partial charge is 0.293 e. The Kier molecular flexibility index (Phi) is 3.52. The highest BCUT2D eigenvalue weighted by Gasteiger charge is 2.31. The first-order chi connectivity index (χ1) is 10.1. The number of halogens is 1. The summed E-state index contributed by atoms with van der Waals surface area (Å²) in [7, 11) is 0. The van der Waals surface area contributed by atoms with Gasteiger partial charge in [0, 0.05) is 6.92 Å². The Bertz CT molecular complexity index is 697. The first-order valence-corrected chi connectivity index (χ1v) is 6.82. The Morgan fingerprint density at radius 2 is 1.95 bits per heavy atom. The molecule has 0 saturated carbocycles. The zero-order valence-corrected chi connectivity index (χ0v) is 11.7. The quantitative estimate of drug-likeness (QED) is 0.864. The van der Waals surface area contributed by atoms with Crippen LogP contribution in [0, 0.1) is 5.82 Å². The summed E-state index contributed by atoms with van der Waals surface area (Å²) < 4.78 is 13.4. The van der Waals surface area contributed by atoms with Crippen molar-refractivity contribution in [3.05, 3.63) is 66.0 Å². The van der Waals surface area contributed by atoms with E-state index in [-0.39, 0.29) is 17.5 Å². The van der Waals surface area contributed by atoms with Crippen molar-refractivity contribution in [3.63, 3.8) is 0 Å². The van der Waals surface area contributed by atoms with E-state index in [0.717, 1.165) is 5.56 Å². The Morgan fingerprint density at radius 3 is 2.62 bits per heavy atom.